The van der Waals surface area contributed by atoms with Gasteiger partial charge in [0, 0.05) is 11.8 Å². The lowest BCUT2D eigenvalue weighted by Crippen LogP contribution is -2.04. The molecule has 2 aromatic heterocycles. The fourth-order valence-electron chi connectivity index (χ4n) is 2.70. The summed E-state index contributed by atoms with van der Waals surface area (Å²) in [7, 11) is 0. The molecule has 0 unspecified atom stereocenters. The first-order valence-electron chi connectivity index (χ1n) is 8.40. The molecule has 0 aliphatic carbocycles. The van der Waals surface area contributed by atoms with Gasteiger partial charge in [-0.15, -0.1) is 11.3 Å². The van der Waals surface area contributed by atoms with Crippen LogP contribution in [0, 0.1) is 6.92 Å². The molecule has 0 saturated carbocycles. The van der Waals surface area contributed by atoms with Crippen molar-refractivity contribution in [2.24, 2.45) is 0 Å². The number of fused-ring (bicyclic) bond motifs is 1. The number of hydrogen-bond acceptors (Lipinski definition) is 4. The standard InChI is InChI=1S/C19H21N3O2S/c1-3-4-5-6-7-17-20-18-14(10-13(2)11-16(18)25-17)12-22-9-8-15(21-22)19(23)24/h6-11H,3-5,12H2,1-2H3,(H,23,24)/b7-6+. The first-order valence-corrected chi connectivity index (χ1v) is 9.22. The summed E-state index contributed by atoms with van der Waals surface area (Å²) in [6.45, 7) is 4.75. The van der Waals surface area contributed by atoms with Crippen LogP contribution in [-0.4, -0.2) is 25.8 Å². The SMILES string of the molecule is CCCC/C=C/c1nc2c(Cn3ccc(C(=O)O)n3)cc(C)cc2s1. The Morgan fingerprint density at radius 1 is 1.40 bits per heavy atom. The largest absolute Gasteiger partial charge is 0.476 e. The van der Waals surface area contributed by atoms with E-state index in [1.54, 1.807) is 22.2 Å². The first-order chi connectivity index (χ1) is 12.1. The van der Waals surface area contributed by atoms with E-state index in [1.807, 2.05) is 0 Å². The van der Waals surface area contributed by atoms with Crippen LogP contribution in [-0.2, 0) is 6.54 Å². The summed E-state index contributed by atoms with van der Waals surface area (Å²) in [6.07, 6.45) is 9.42. The second-order valence-electron chi connectivity index (χ2n) is 6.07. The lowest BCUT2D eigenvalue weighted by Gasteiger charge is -2.04. The van der Waals surface area contributed by atoms with Gasteiger partial charge in [0.15, 0.2) is 5.69 Å². The fraction of sp³-hybridized carbons (Fsp3) is 0.316. The number of rotatable bonds is 7. The van der Waals surface area contributed by atoms with Crippen LogP contribution in [0.25, 0.3) is 16.3 Å². The Morgan fingerprint density at radius 2 is 2.24 bits per heavy atom. The topological polar surface area (TPSA) is 68.0 Å². The van der Waals surface area contributed by atoms with Crippen LogP contribution in [0.1, 0.15) is 52.8 Å². The van der Waals surface area contributed by atoms with Crippen molar-refractivity contribution in [2.75, 3.05) is 0 Å². The Bertz CT molecular complexity index is 924. The molecular weight excluding hydrogens is 334 g/mol. The third-order valence-electron chi connectivity index (χ3n) is 3.91. The molecule has 0 amide bonds. The predicted octanol–water partition coefficient (Wildman–Crippen LogP) is 4.75. The second kappa shape index (κ2) is 7.61. The normalized spacial score (nSPS) is 11.6. The zero-order chi connectivity index (χ0) is 17.8. The summed E-state index contributed by atoms with van der Waals surface area (Å²) in [4.78, 5) is 15.8. The van der Waals surface area contributed by atoms with E-state index in [1.165, 1.54) is 24.5 Å². The quantitative estimate of drug-likeness (QED) is 0.621. The Kier molecular flexibility index (Phi) is 5.28. The number of allylic oxidation sites excluding steroid dienone is 1. The van der Waals surface area contributed by atoms with E-state index in [9.17, 15) is 4.79 Å². The molecule has 0 spiro atoms. The van der Waals surface area contributed by atoms with E-state index >= 15 is 0 Å². The van der Waals surface area contributed by atoms with Gasteiger partial charge in [-0.05, 0) is 37.1 Å². The Morgan fingerprint density at radius 3 is 2.96 bits per heavy atom. The monoisotopic (exact) mass is 355 g/mol. The summed E-state index contributed by atoms with van der Waals surface area (Å²) in [6, 6.07) is 5.75. The van der Waals surface area contributed by atoms with Gasteiger partial charge in [0.05, 0.1) is 16.8 Å². The molecule has 3 aromatic rings. The number of unbranched alkanes of at least 4 members (excludes halogenated alkanes) is 2. The third-order valence-corrected chi connectivity index (χ3v) is 4.88. The lowest BCUT2D eigenvalue weighted by molar-refractivity contribution is 0.0689. The molecule has 0 aliphatic heterocycles. The minimum absolute atomic E-state index is 0.0571. The van der Waals surface area contributed by atoms with Gasteiger partial charge < -0.3 is 5.11 Å². The molecule has 0 radical (unpaired) electrons. The maximum absolute atomic E-state index is 11.0. The molecule has 25 heavy (non-hydrogen) atoms. The number of aromatic nitrogens is 3. The molecule has 2 heterocycles. The van der Waals surface area contributed by atoms with Crippen LogP contribution >= 0.6 is 11.3 Å². The molecule has 3 rings (SSSR count). The zero-order valence-electron chi connectivity index (χ0n) is 14.4. The number of carbonyl (C=O) groups is 1. The fourth-order valence-corrected chi connectivity index (χ4v) is 3.75. The van der Waals surface area contributed by atoms with E-state index in [0.29, 0.717) is 6.54 Å². The molecule has 1 aromatic carbocycles. The molecule has 6 heteroatoms. The summed E-state index contributed by atoms with van der Waals surface area (Å²) in [5.74, 6) is -1.01. The Hall–Kier alpha value is -2.47. The van der Waals surface area contributed by atoms with E-state index < -0.39 is 5.97 Å². The van der Waals surface area contributed by atoms with Crippen LogP contribution in [0.15, 0.2) is 30.5 Å². The molecule has 0 fully saturated rings. The average molecular weight is 355 g/mol. The van der Waals surface area contributed by atoms with Crippen LogP contribution < -0.4 is 0 Å². The van der Waals surface area contributed by atoms with Gasteiger partial charge in [-0.25, -0.2) is 9.78 Å². The van der Waals surface area contributed by atoms with E-state index in [4.69, 9.17) is 10.1 Å². The van der Waals surface area contributed by atoms with Crippen LogP contribution in [0.2, 0.25) is 0 Å². The van der Waals surface area contributed by atoms with Gasteiger partial charge in [-0.2, -0.15) is 5.10 Å². The van der Waals surface area contributed by atoms with E-state index in [0.717, 1.165) is 27.2 Å². The number of carboxylic acids is 1. The van der Waals surface area contributed by atoms with Gasteiger partial charge in [-0.1, -0.05) is 31.9 Å². The molecule has 5 nitrogen and oxygen atoms in total. The highest BCUT2D eigenvalue weighted by molar-refractivity contribution is 7.19. The molecule has 0 aliphatic rings. The lowest BCUT2D eigenvalue weighted by atomic mass is 10.1. The van der Waals surface area contributed by atoms with Gasteiger partial charge in [0.2, 0.25) is 0 Å². The van der Waals surface area contributed by atoms with Crippen LogP contribution in [0.3, 0.4) is 0 Å². The van der Waals surface area contributed by atoms with Crippen molar-refractivity contribution in [3.8, 4) is 0 Å². The van der Waals surface area contributed by atoms with Crippen LogP contribution in [0.4, 0.5) is 0 Å². The molecule has 1 N–H and O–H groups in total. The number of thiazole rings is 1. The average Bonchev–Trinajstić information content (AvgIpc) is 3.18. The van der Waals surface area contributed by atoms with Crippen molar-refractivity contribution in [3.05, 3.63) is 52.3 Å². The van der Waals surface area contributed by atoms with Gasteiger partial charge >= 0.3 is 5.97 Å². The van der Waals surface area contributed by atoms with Gasteiger partial charge in [-0.3, -0.25) is 4.68 Å². The molecule has 0 saturated heterocycles. The van der Waals surface area contributed by atoms with Crippen molar-refractivity contribution >= 4 is 33.6 Å². The smallest absolute Gasteiger partial charge is 0.356 e. The minimum Gasteiger partial charge on any atom is -0.476 e. The number of carboxylic acid groups (broad SMARTS) is 1. The Balaban J connectivity index is 1.89. The number of benzene rings is 1. The number of aromatic carboxylic acids is 1. The van der Waals surface area contributed by atoms with E-state index in [2.05, 4.69) is 43.2 Å². The molecule has 0 bridgehead atoms. The predicted molar refractivity (Wildman–Crippen MR) is 101 cm³/mol. The molecule has 130 valence electrons. The number of nitrogens with zero attached hydrogens (tertiary/aromatic N) is 3. The third kappa shape index (κ3) is 4.14. The molecular formula is C19H21N3O2S. The highest BCUT2D eigenvalue weighted by atomic mass is 32.1. The van der Waals surface area contributed by atoms with E-state index in [-0.39, 0.29) is 5.69 Å². The van der Waals surface area contributed by atoms with Crippen LogP contribution in [0.5, 0.6) is 0 Å². The second-order valence-corrected chi connectivity index (χ2v) is 7.13. The number of aryl methyl sites for hydroxylation is 1. The van der Waals surface area contributed by atoms with Crippen molar-refractivity contribution in [3.63, 3.8) is 0 Å². The van der Waals surface area contributed by atoms with Gasteiger partial charge in [0.25, 0.3) is 0 Å². The summed E-state index contributed by atoms with van der Waals surface area (Å²) >= 11 is 1.68. The highest BCUT2D eigenvalue weighted by Crippen LogP contribution is 2.28. The highest BCUT2D eigenvalue weighted by Gasteiger charge is 2.11. The summed E-state index contributed by atoms with van der Waals surface area (Å²) < 4.78 is 2.80. The Labute approximate surface area is 150 Å². The number of hydrogen-bond donors (Lipinski definition) is 1. The summed E-state index contributed by atoms with van der Waals surface area (Å²) in [5.41, 5.74) is 3.25. The van der Waals surface area contributed by atoms with Crippen molar-refractivity contribution in [1.82, 2.24) is 14.8 Å². The first kappa shape index (κ1) is 17.4. The zero-order valence-corrected chi connectivity index (χ0v) is 15.2. The summed E-state index contributed by atoms with van der Waals surface area (Å²) in [5, 5.41) is 14.1. The molecule has 0 atom stereocenters. The van der Waals surface area contributed by atoms with Crippen molar-refractivity contribution < 1.29 is 9.90 Å². The maximum Gasteiger partial charge on any atom is 0.356 e. The maximum atomic E-state index is 11.0. The van der Waals surface area contributed by atoms with Crippen molar-refractivity contribution in [1.29, 1.82) is 0 Å². The van der Waals surface area contributed by atoms with Crippen molar-refractivity contribution in [2.45, 2.75) is 39.7 Å². The minimum atomic E-state index is -1.01. The van der Waals surface area contributed by atoms with Gasteiger partial charge in [0.1, 0.15) is 5.01 Å².